The number of nitrogens with two attached hydrogens (primary N) is 1. The number of benzene rings is 1. The zero-order valence-electron chi connectivity index (χ0n) is 12.2. The Morgan fingerprint density at radius 1 is 1.38 bits per heavy atom. The zero-order chi connectivity index (χ0) is 15.4. The van der Waals surface area contributed by atoms with Gasteiger partial charge in [0.15, 0.2) is 0 Å². The third kappa shape index (κ3) is 3.59. The Morgan fingerprint density at radius 3 is 2.76 bits per heavy atom. The highest BCUT2D eigenvalue weighted by Gasteiger charge is 2.08. The lowest BCUT2D eigenvalue weighted by molar-refractivity contribution is 0.282. The quantitative estimate of drug-likeness (QED) is 0.639. The van der Waals surface area contributed by atoms with Gasteiger partial charge in [0.2, 0.25) is 0 Å². The number of nitrogens with zero attached hydrogens (tertiary/aromatic N) is 2. The normalized spacial score (nSPS) is 10.5. The molecule has 0 fully saturated rings. The van der Waals surface area contributed by atoms with E-state index >= 15 is 0 Å². The molecule has 6 heteroatoms. The van der Waals surface area contributed by atoms with Gasteiger partial charge in [-0.25, -0.2) is 4.98 Å². The van der Waals surface area contributed by atoms with Crippen LogP contribution < -0.4 is 15.4 Å². The van der Waals surface area contributed by atoms with Gasteiger partial charge >= 0.3 is 0 Å². The molecule has 0 radical (unpaired) electrons. The minimum Gasteiger partial charge on any atom is -0.396 e. The van der Waals surface area contributed by atoms with Crippen molar-refractivity contribution in [2.45, 2.75) is 20.0 Å². The predicted molar refractivity (Wildman–Crippen MR) is 91.1 cm³/mol. The molecule has 112 valence electrons. The first-order valence-corrected chi connectivity index (χ1v) is 7.13. The summed E-state index contributed by atoms with van der Waals surface area (Å²) in [7, 11) is 1.81. The molecule has 4 N–H and O–H groups in total. The number of aromatic nitrogens is 1. The van der Waals surface area contributed by atoms with E-state index < -0.39 is 0 Å². The van der Waals surface area contributed by atoms with Gasteiger partial charge in [-0.3, -0.25) is 0 Å². The molecule has 0 aliphatic rings. The number of hydrogen-bond donors (Lipinski definition) is 4. The molecule has 0 amide bonds. The van der Waals surface area contributed by atoms with Crippen LogP contribution in [-0.2, 0) is 13.0 Å². The number of aliphatic hydroxyl groups excluding tert-OH is 1. The van der Waals surface area contributed by atoms with E-state index in [-0.39, 0.29) is 6.61 Å². The van der Waals surface area contributed by atoms with Crippen LogP contribution in [0.3, 0.4) is 0 Å². The molecule has 0 unspecified atom stereocenters. The first kappa shape index (κ1) is 15.5. The highest BCUT2D eigenvalue weighted by atomic mass is 32.1. The Balaban J connectivity index is 2.35. The van der Waals surface area contributed by atoms with Crippen molar-refractivity contribution in [2.24, 2.45) is 0 Å². The number of hydrogen-bond acceptors (Lipinski definition) is 6. The van der Waals surface area contributed by atoms with Crippen LogP contribution in [0.25, 0.3) is 0 Å². The molecule has 1 aromatic carbocycles. The summed E-state index contributed by atoms with van der Waals surface area (Å²) >= 11 is 4.27. The van der Waals surface area contributed by atoms with E-state index in [9.17, 15) is 5.11 Å². The van der Waals surface area contributed by atoms with Gasteiger partial charge in [0, 0.05) is 18.8 Å². The number of thiol groups is 1. The van der Waals surface area contributed by atoms with Crippen molar-refractivity contribution in [3.63, 3.8) is 0 Å². The van der Waals surface area contributed by atoms with E-state index in [1.165, 1.54) is 0 Å². The molecule has 0 saturated carbocycles. The van der Waals surface area contributed by atoms with Crippen LogP contribution in [0.4, 0.5) is 22.9 Å². The third-order valence-electron chi connectivity index (χ3n) is 3.26. The van der Waals surface area contributed by atoms with E-state index in [1.54, 1.807) is 10.5 Å². The fraction of sp³-hybridized carbons (Fsp3) is 0.267. The van der Waals surface area contributed by atoms with Gasteiger partial charge in [0.05, 0.1) is 24.2 Å². The highest BCUT2D eigenvalue weighted by Crippen LogP contribution is 2.28. The standard InChI is InChI=1S/C15H20N4OS/c1-3-11-5-4-10(9-20)6-13(11)18-15-7-14(19(2)21)12(16)8-17-15/h4-8,20-21H,3,9,16H2,1-2H3,(H,17,18). The summed E-state index contributed by atoms with van der Waals surface area (Å²) in [5.74, 6) is 0.685. The van der Waals surface area contributed by atoms with Crippen LogP contribution in [0, 0.1) is 0 Å². The minimum absolute atomic E-state index is 0.0124. The Labute approximate surface area is 130 Å². The van der Waals surface area contributed by atoms with Crippen LogP contribution in [0.1, 0.15) is 18.1 Å². The lowest BCUT2D eigenvalue weighted by atomic mass is 10.1. The molecule has 2 aromatic rings. The number of nitrogen functional groups attached to an aromatic ring is 1. The maximum absolute atomic E-state index is 9.27. The summed E-state index contributed by atoms with van der Waals surface area (Å²) in [6, 6.07) is 7.71. The van der Waals surface area contributed by atoms with Crippen molar-refractivity contribution in [3.05, 3.63) is 41.6 Å². The van der Waals surface area contributed by atoms with Gasteiger partial charge in [-0.05, 0) is 23.6 Å². The lowest BCUT2D eigenvalue weighted by Gasteiger charge is -2.16. The summed E-state index contributed by atoms with van der Waals surface area (Å²) in [5.41, 5.74) is 10.2. The van der Waals surface area contributed by atoms with Crippen molar-refractivity contribution in [1.82, 2.24) is 4.98 Å². The molecule has 0 atom stereocenters. The van der Waals surface area contributed by atoms with Gasteiger partial charge in [-0.1, -0.05) is 31.9 Å². The molecule has 0 saturated heterocycles. The molecule has 5 nitrogen and oxygen atoms in total. The van der Waals surface area contributed by atoms with Gasteiger partial charge in [-0.2, -0.15) is 0 Å². The third-order valence-corrected chi connectivity index (χ3v) is 3.48. The average Bonchev–Trinajstić information content (AvgIpc) is 2.48. The monoisotopic (exact) mass is 304 g/mol. The van der Waals surface area contributed by atoms with Crippen LogP contribution in [0.15, 0.2) is 30.5 Å². The molecule has 0 aliphatic carbocycles. The molecule has 2 rings (SSSR count). The van der Waals surface area contributed by atoms with Crippen molar-refractivity contribution in [1.29, 1.82) is 0 Å². The Morgan fingerprint density at radius 2 is 2.14 bits per heavy atom. The molecule has 0 bridgehead atoms. The number of anilines is 4. The van der Waals surface area contributed by atoms with E-state index in [0.717, 1.165) is 28.9 Å². The molecule has 0 aliphatic heterocycles. The summed E-state index contributed by atoms with van der Waals surface area (Å²) in [6.45, 7) is 2.10. The second-order valence-electron chi connectivity index (χ2n) is 4.78. The minimum atomic E-state index is 0.0124. The van der Waals surface area contributed by atoms with Crippen molar-refractivity contribution in [2.75, 3.05) is 22.4 Å². The maximum atomic E-state index is 9.27. The topological polar surface area (TPSA) is 74.4 Å². The van der Waals surface area contributed by atoms with Crippen LogP contribution in [0.2, 0.25) is 0 Å². The fourth-order valence-electron chi connectivity index (χ4n) is 2.09. The van der Waals surface area contributed by atoms with E-state index in [0.29, 0.717) is 11.5 Å². The Hall–Kier alpha value is -1.92. The second-order valence-corrected chi connectivity index (χ2v) is 5.38. The van der Waals surface area contributed by atoms with E-state index in [1.807, 2.05) is 31.3 Å². The number of rotatable bonds is 5. The van der Waals surface area contributed by atoms with E-state index in [2.05, 4.69) is 30.0 Å². The molecule has 1 aromatic heterocycles. The summed E-state index contributed by atoms with van der Waals surface area (Å²) in [6.07, 6.45) is 2.49. The molecular weight excluding hydrogens is 284 g/mol. The fourth-order valence-corrected chi connectivity index (χ4v) is 2.26. The molecule has 1 heterocycles. The second kappa shape index (κ2) is 6.69. The van der Waals surface area contributed by atoms with Crippen molar-refractivity contribution >= 4 is 35.7 Å². The predicted octanol–water partition coefficient (Wildman–Crippen LogP) is 2.74. The SMILES string of the molecule is CCc1ccc(CO)cc1Nc1cc(N(C)S)c(N)cn1. The van der Waals surface area contributed by atoms with E-state index in [4.69, 9.17) is 5.73 Å². The van der Waals surface area contributed by atoms with Crippen LogP contribution in [0.5, 0.6) is 0 Å². The highest BCUT2D eigenvalue weighted by molar-refractivity contribution is 7.81. The summed E-state index contributed by atoms with van der Waals surface area (Å²) < 4.78 is 1.65. The Bertz CT molecular complexity index is 631. The smallest absolute Gasteiger partial charge is 0.132 e. The number of aliphatic hydroxyl groups is 1. The van der Waals surface area contributed by atoms with Crippen LogP contribution in [-0.4, -0.2) is 17.1 Å². The number of nitrogens with one attached hydrogen (secondary N) is 1. The van der Waals surface area contributed by atoms with Crippen LogP contribution >= 0.6 is 12.8 Å². The summed E-state index contributed by atoms with van der Waals surface area (Å²) in [5, 5.41) is 12.6. The summed E-state index contributed by atoms with van der Waals surface area (Å²) in [4.78, 5) is 4.29. The first-order valence-electron chi connectivity index (χ1n) is 6.73. The Kier molecular flexibility index (Phi) is 4.93. The number of aryl methyl sites for hydroxylation is 1. The van der Waals surface area contributed by atoms with Crippen molar-refractivity contribution < 1.29 is 5.11 Å². The zero-order valence-corrected chi connectivity index (χ0v) is 13.1. The van der Waals surface area contributed by atoms with Gasteiger partial charge in [-0.15, -0.1) is 0 Å². The van der Waals surface area contributed by atoms with Gasteiger partial charge < -0.3 is 20.5 Å². The lowest BCUT2D eigenvalue weighted by Crippen LogP contribution is -2.07. The molecule has 0 spiro atoms. The van der Waals surface area contributed by atoms with Gasteiger partial charge in [0.1, 0.15) is 5.82 Å². The van der Waals surface area contributed by atoms with Crippen molar-refractivity contribution in [3.8, 4) is 0 Å². The average molecular weight is 304 g/mol. The molecular formula is C15H20N4OS. The number of pyridine rings is 1. The first-order chi connectivity index (χ1) is 10.0. The van der Waals surface area contributed by atoms with Gasteiger partial charge in [0.25, 0.3) is 0 Å². The molecule has 21 heavy (non-hydrogen) atoms. The largest absolute Gasteiger partial charge is 0.396 e. The maximum Gasteiger partial charge on any atom is 0.132 e.